The van der Waals surface area contributed by atoms with E-state index in [9.17, 15) is 4.79 Å². The lowest BCUT2D eigenvalue weighted by Crippen LogP contribution is -2.38. The predicted molar refractivity (Wildman–Crippen MR) is 105 cm³/mol. The topological polar surface area (TPSA) is 54.3 Å². The molecule has 1 saturated heterocycles. The summed E-state index contributed by atoms with van der Waals surface area (Å²) in [6.07, 6.45) is 4.17. The summed E-state index contributed by atoms with van der Waals surface area (Å²) in [5, 5.41) is 0. The lowest BCUT2D eigenvalue weighted by Gasteiger charge is -2.25. The lowest BCUT2D eigenvalue weighted by molar-refractivity contribution is 0.0715. The monoisotopic (exact) mass is 363 g/mol. The number of pyridine rings is 1. The van der Waals surface area contributed by atoms with Gasteiger partial charge in [0.2, 0.25) is 0 Å². The van der Waals surface area contributed by atoms with Crippen LogP contribution in [-0.4, -0.2) is 56.4 Å². The van der Waals surface area contributed by atoms with Crippen LogP contribution in [0.1, 0.15) is 29.2 Å². The molecule has 0 radical (unpaired) electrons. The molecule has 3 heterocycles. The van der Waals surface area contributed by atoms with E-state index >= 15 is 0 Å². The van der Waals surface area contributed by atoms with Crippen molar-refractivity contribution in [3.8, 4) is 0 Å². The second-order valence-corrected chi connectivity index (χ2v) is 7.07. The second kappa shape index (κ2) is 7.88. The number of likely N-dealkylation sites (tertiary alicyclic amines) is 1. The lowest BCUT2D eigenvalue weighted by atomic mass is 10.3. The summed E-state index contributed by atoms with van der Waals surface area (Å²) in [4.78, 5) is 26.4. The van der Waals surface area contributed by atoms with Crippen LogP contribution in [0.4, 0.5) is 0 Å². The zero-order valence-electron chi connectivity index (χ0n) is 15.7. The number of rotatable bonds is 6. The van der Waals surface area contributed by atoms with Crippen LogP contribution in [-0.2, 0) is 13.6 Å². The number of aromatic nitrogens is 3. The molecular weight excluding hydrogens is 338 g/mol. The summed E-state index contributed by atoms with van der Waals surface area (Å²) in [6.45, 7) is 4.30. The van der Waals surface area contributed by atoms with Crippen molar-refractivity contribution in [1.29, 1.82) is 0 Å². The van der Waals surface area contributed by atoms with Crippen LogP contribution >= 0.6 is 0 Å². The van der Waals surface area contributed by atoms with E-state index in [-0.39, 0.29) is 5.91 Å². The molecule has 0 saturated carbocycles. The third kappa shape index (κ3) is 3.85. The number of carbonyl (C=O) groups is 1. The Morgan fingerprint density at radius 2 is 1.89 bits per heavy atom. The van der Waals surface area contributed by atoms with Gasteiger partial charge < -0.3 is 14.4 Å². The summed E-state index contributed by atoms with van der Waals surface area (Å²) < 4.78 is 2.07. The summed E-state index contributed by atoms with van der Waals surface area (Å²) >= 11 is 0. The number of nitrogens with zero attached hydrogens (tertiary/aromatic N) is 5. The molecule has 140 valence electrons. The Morgan fingerprint density at radius 1 is 1.11 bits per heavy atom. The number of hydrogen-bond donors (Lipinski definition) is 0. The first-order chi connectivity index (χ1) is 13.2. The normalized spacial score (nSPS) is 14.7. The van der Waals surface area contributed by atoms with Gasteiger partial charge >= 0.3 is 0 Å². The number of fused-ring (bicyclic) bond motifs is 1. The molecule has 1 amide bonds. The standard InChI is InChI=1S/C21H25N5O/c1-24-19-10-3-2-8-17(19)23-20(24)16-26(15-14-25-12-6-7-13-25)21(27)18-9-4-5-11-22-18/h2-5,8-11H,6-7,12-16H2,1H3. The highest BCUT2D eigenvalue weighted by Gasteiger charge is 2.21. The fourth-order valence-electron chi connectivity index (χ4n) is 3.68. The molecule has 2 aromatic heterocycles. The van der Waals surface area contributed by atoms with Crippen molar-refractivity contribution in [3.05, 3.63) is 60.2 Å². The minimum atomic E-state index is -0.0400. The van der Waals surface area contributed by atoms with E-state index in [1.807, 2.05) is 42.3 Å². The molecule has 6 nitrogen and oxygen atoms in total. The van der Waals surface area contributed by atoms with Crippen LogP contribution in [0.5, 0.6) is 0 Å². The van der Waals surface area contributed by atoms with Crippen molar-refractivity contribution >= 4 is 16.9 Å². The fraction of sp³-hybridized carbons (Fsp3) is 0.381. The molecule has 1 aromatic carbocycles. The Kier molecular flexibility index (Phi) is 5.16. The summed E-state index contributed by atoms with van der Waals surface area (Å²) in [5.41, 5.74) is 2.52. The highest BCUT2D eigenvalue weighted by Crippen LogP contribution is 2.17. The maximum absolute atomic E-state index is 13.1. The SMILES string of the molecule is Cn1c(CN(CCN2CCCC2)C(=O)c2ccccn2)nc2ccccc21. The number of imidazole rings is 1. The van der Waals surface area contributed by atoms with Gasteiger partial charge in [-0.25, -0.2) is 4.98 Å². The average molecular weight is 363 g/mol. The molecule has 1 aliphatic heterocycles. The first kappa shape index (κ1) is 17.7. The molecule has 6 heteroatoms. The molecule has 27 heavy (non-hydrogen) atoms. The minimum Gasteiger partial charge on any atom is -0.330 e. The van der Waals surface area contributed by atoms with Gasteiger partial charge in [-0.05, 0) is 50.2 Å². The first-order valence-electron chi connectivity index (χ1n) is 9.55. The number of aryl methyl sites for hydroxylation is 1. The number of para-hydroxylation sites is 2. The Morgan fingerprint density at radius 3 is 2.63 bits per heavy atom. The average Bonchev–Trinajstić information content (AvgIpc) is 3.34. The van der Waals surface area contributed by atoms with E-state index in [1.54, 1.807) is 12.3 Å². The Hall–Kier alpha value is -2.73. The van der Waals surface area contributed by atoms with Crippen molar-refractivity contribution in [2.75, 3.05) is 26.2 Å². The molecular formula is C21H25N5O. The molecule has 4 rings (SSSR count). The first-order valence-corrected chi connectivity index (χ1v) is 9.55. The smallest absolute Gasteiger partial charge is 0.272 e. The molecule has 1 aliphatic rings. The molecule has 1 fully saturated rings. The van der Waals surface area contributed by atoms with Crippen molar-refractivity contribution in [2.24, 2.45) is 7.05 Å². The van der Waals surface area contributed by atoms with Crippen LogP contribution in [0.3, 0.4) is 0 Å². The molecule has 0 N–H and O–H groups in total. The minimum absolute atomic E-state index is 0.0400. The van der Waals surface area contributed by atoms with Gasteiger partial charge in [0.25, 0.3) is 5.91 Å². The van der Waals surface area contributed by atoms with Crippen molar-refractivity contribution in [2.45, 2.75) is 19.4 Å². The zero-order valence-corrected chi connectivity index (χ0v) is 15.7. The van der Waals surface area contributed by atoms with E-state index in [0.29, 0.717) is 18.8 Å². The molecule has 0 aliphatic carbocycles. The van der Waals surface area contributed by atoms with Gasteiger partial charge in [-0.3, -0.25) is 9.78 Å². The van der Waals surface area contributed by atoms with Crippen LogP contribution in [0.15, 0.2) is 48.7 Å². The van der Waals surface area contributed by atoms with E-state index < -0.39 is 0 Å². The third-order valence-electron chi connectivity index (χ3n) is 5.27. The number of benzene rings is 1. The highest BCUT2D eigenvalue weighted by atomic mass is 16.2. The van der Waals surface area contributed by atoms with Crippen molar-refractivity contribution in [1.82, 2.24) is 24.3 Å². The quantitative estimate of drug-likeness (QED) is 0.676. The van der Waals surface area contributed by atoms with E-state index in [1.165, 1.54) is 12.8 Å². The third-order valence-corrected chi connectivity index (χ3v) is 5.27. The summed E-state index contributed by atoms with van der Waals surface area (Å²) in [5.74, 6) is 0.851. The Bertz CT molecular complexity index is 915. The van der Waals surface area contributed by atoms with Crippen molar-refractivity contribution < 1.29 is 4.79 Å². The zero-order chi connectivity index (χ0) is 18.6. The summed E-state index contributed by atoms with van der Waals surface area (Å²) in [6, 6.07) is 13.5. The van der Waals surface area contributed by atoms with Gasteiger partial charge in [-0.1, -0.05) is 18.2 Å². The molecule has 0 bridgehead atoms. The fourth-order valence-corrected chi connectivity index (χ4v) is 3.68. The Labute approximate surface area is 159 Å². The molecule has 3 aromatic rings. The van der Waals surface area contributed by atoms with Gasteiger partial charge in [0.05, 0.1) is 17.6 Å². The van der Waals surface area contributed by atoms with Crippen LogP contribution < -0.4 is 0 Å². The van der Waals surface area contributed by atoms with Crippen LogP contribution in [0, 0.1) is 0 Å². The predicted octanol–water partition coefficient (Wildman–Crippen LogP) is 2.71. The maximum atomic E-state index is 13.1. The number of amides is 1. The highest BCUT2D eigenvalue weighted by molar-refractivity contribution is 5.92. The molecule has 0 spiro atoms. The van der Waals surface area contributed by atoms with Gasteiger partial charge in [0.15, 0.2) is 0 Å². The number of carbonyl (C=O) groups excluding carboxylic acids is 1. The summed E-state index contributed by atoms with van der Waals surface area (Å²) in [7, 11) is 2.01. The maximum Gasteiger partial charge on any atom is 0.272 e. The van der Waals surface area contributed by atoms with Crippen LogP contribution in [0.2, 0.25) is 0 Å². The van der Waals surface area contributed by atoms with Gasteiger partial charge in [0, 0.05) is 26.3 Å². The van der Waals surface area contributed by atoms with E-state index in [4.69, 9.17) is 4.98 Å². The molecule has 0 unspecified atom stereocenters. The number of hydrogen-bond acceptors (Lipinski definition) is 4. The Balaban J connectivity index is 1.57. The van der Waals surface area contributed by atoms with Gasteiger partial charge in [-0.2, -0.15) is 0 Å². The van der Waals surface area contributed by atoms with Gasteiger partial charge in [-0.15, -0.1) is 0 Å². The van der Waals surface area contributed by atoms with E-state index in [2.05, 4.69) is 20.5 Å². The van der Waals surface area contributed by atoms with E-state index in [0.717, 1.165) is 36.5 Å². The largest absolute Gasteiger partial charge is 0.330 e. The second-order valence-electron chi connectivity index (χ2n) is 7.07. The molecule has 0 atom stereocenters. The van der Waals surface area contributed by atoms with Crippen LogP contribution in [0.25, 0.3) is 11.0 Å². The van der Waals surface area contributed by atoms with Gasteiger partial charge in [0.1, 0.15) is 11.5 Å². The van der Waals surface area contributed by atoms with Crippen molar-refractivity contribution in [3.63, 3.8) is 0 Å².